The molecule has 0 saturated heterocycles. The molecule has 0 amide bonds. The Morgan fingerprint density at radius 3 is 2.67 bits per heavy atom. The van der Waals surface area contributed by atoms with Crippen molar-refractivity contribution in [3.8, 4) is 11.5 Å². The summed E-state index contributed by atoms with van der Waals surface area (Å²) in [5.41, 5.74) is 9.49. The number of aliphatic imine (C=N–C) groups is 1. The number of nitrogens with two attached hydrogens (primary N) is 1. The first-order valence-corrected chi connectivity index (χ1v) is 9.38. The fourth-order valence-electron chi connectivity index (χ4n) is 3.60. The van der Waals surface area contributed by atoms with E-state index in [9.17, 15) is 0 Å². The number of hydrogen-bond donors (Lipinski definition) is 1. The maximum atomic E-state index is 6.04. The Balaban J connectivity index is 1.77. The lowest BCUT2D eigenvalue weighted by molar-refractivity contribution is 0.276. The molecule has 1 aliphatic heterocycles. The molecular weight excluding hydrogens is 339 g/mol. The van der Waals surface area contributed by atoms with E-state index in [0.717, 1.165) is 40.3 Å². The summed E-state index contributed by atoms with van der Waals surface area (Å²) in [6.07, 6.45) is 2.53. The second-order valence-corrected chi connectivity index (χ2v) is 7.57. The molecule has 0 bridgehead atoms. The highest BCUT2D eigenvalue weighted by Gasteiger charge is 2.40. The first-order chi connectivity index (χ1) is 13.0. The number of nitrogens with zero attached hydrogens (tertiary/aromatic N) is 1. The zero-order valence-corrected chi connectivity index (χ0v) is 16.1. The van der Waals surface area contributed by atoms with Gasteiger partial charge >= 0.3 is 0 Å². The predicted octanol–water partition coefficient (Wildman–Crippen LogP) is 1.64. The highest BCUT2D eigenvalue weighted by atomic mass is 16.5. The van der Waals surface area contributed by atoms with Gasteiger partial charge in [0.2, 0.25) is 0 Å². The van der Waals surface area contributed by atoms with Crippen LogP contribution in [0.4, 0.5) is 0 Å². The molecule has 4 rings (SSSR count). The van der Waals surface area contributed by atoms with Gasteiger partial charge in [-0.1, -0.05) is 17.6 Å². The molecule has 0 radical (unpaired) electrons. The molecule has 1 atom stereocenters. The van der Waals surface area contributed by atoms with Crippen LogP contribution in [-0.2, 0) is 10.3 Å². The van der Waals surface area contributed by atoms with Gasteiger partial charge in [-0.25, -0.2) is 4.99 Å². The molecule has 2 N–H and O–H groups in total. The Bertz CT molecular complexity index is 895. The average Bonchev–Trinajstić information content (AvgIpc) is 3.40. The van der Waals surface area contributed by atoms with Crippen LogP contribution >= 0.6 is 0 Å². The van der Waals surface area contributed by atoms with Gasteiger partial charge in [0.25, 0.3) is 6.02 Å². The topological polar surface area (TPSA) is 66.1 Å². The van der Waals surface area contributed by atoms with E-state index < -0.39 is 5.54 Å². The van der Waals surface area contributed by atoms with E-state index in [1.165, 1.54) is 12.8 Å². The molecule has 6 heteroatoms. The lowest BCUT2D eigenvalue weighted by Crippen LogP contribution is -2.28. The second kappa shape index (κ2) is 6.84. The third-order valence-electron chi connectivity index (χ3n) is 5.31. The van der Waals surface area contributed by atoms with E-state index in [0.29, 0.717) is 12.5 Å². The Labute approximate surface area is 160 Å². The number of amidine groups is 1. The molecule has 2 aromatic carbocycles. The number of ether oxygens (including phenoxy) is 3. The summed E-state index contributed by atoms with van der Waals surface area (Å²) in [6, 6.07) is 12.6. The molecule has 1 saturated carbocycles. The van der Waals surface area contributed by atoms with Gasteiger partial charge < -0.3 is 19.9 Å². The third-order valence-corrected chi connectivity index (χ3v) is 5.31. The van der Waals surface area contributed by atoms with Crippen molar-refractivity contribution in [2.24, 2.45) is 16.6 Å². The SMILES string of the molecule is Bc1cc(OCC2CC2)cc(C2(c3ccc(OC)c(C)c3)COC(N)=N2)c1. The molecule has 1 heterocycles. The lowest BCUT2D eigenvalue weighted by Gasteiger charge is -2.27. The number of aryl methyl sites for hydroxylation is 1. The van der Waals surface area contributed by atoms with Crippen molar-refractivity contribution in [2.45, 2.75) is 25.3 Å². The van der Waals surface area contributed by atoms with Gasteiger partial charge in [0.15, 0.2) is 5.54 Å². The van der Waals surface area contributed by atoms with E-state index in [2.05, 4.69) is 32.1 Å². The van der Waals surface area contributed by atoms with Gasteiger partial charge in [-0.05, 0) is 66.6 Å². The third kappa shape index (κ3) is 3.48. The van der Waals surface area contributed by atoms with Gasteiger partial charge in [-0.15, -0.1) is 0 Å². The molecule has 140 valence electrons. The standard InChI is InChI=1S/C21H25BN2O3/c1-13-7-15(5-6-19(13)25-2)21(12-27-20(23)24-21)16-8-17(22)10-18(9-16)26-11-14-3-4-14/h5-10,14H,3-4,11-12,22H2,1-2H3,(H2,23,24). The molecule has 0 spiro atoms. The van der Waals surface area contributed by atoms with Crippen LogP contribution in [0, 0.1) is 12.8 Å². The largest absolute Gasteiger partial charge is 0.496 e. The average molecular weight is 364 g/mol. The van der Waals surface area contributed by atoms with Crippen molar-refractivity contribution >= 4 is 19.3 Å². The van der Waals surface area contributed by atoms with Crippen molar-refractivity contribution in [3.63, 3.8) is 0 Å². The first-order valence-electron chi connectivity index (χ1n) is 9.38. The summed E-state index contributed by atoms with van der Waals surface area (Å²) in [4.78, 5) is 4.72. The fourth-order valence-corrected chi connectivity index (χ4v) is 3.60. The minimum Gasteiger partial charge on any atom is -0.496 e. The Morgan fingerprint density at radius 2 is 2.04 bits per heavy atom. The van der Waals surface area contributed by atoms with Gasteiger partial charge in [-0.3, -0.25) is 0 Å². The summed E-state index contributed by atoms with van der Waals surface area (Å²) in [7, 11) is 3.75. The summed E-state index contributed by atoms with van der Waals surface area (Å²) in [5, 5.41) is 0. The highest BCUT2D eigenvalue weighted by Crippen LogP contribution is 2.40. The molecular formula is C21H25BN2O3. The first kappa shape index (κ1) is 17.8. The molecule has 1 fully saturated rings. The van der Waals surface area contributed by atoms with Crippen LogP contribution in [-0.4, -0.2) is 34.2 Å². The fraction of sp³-hybridized carbons (Fsp3) is 0.381. The number of benzene rings is 2. The van der Waals surface area contributed by atoms with Crippen molar-refractivity contribution in [1.29, 1.82) is 0 Å². The van der Waals surface area contributed by atoms with Crippen molar-refractivity contribution in [3.05, 3.63) is 53.1 Å². The van der Waals surface area contributed by atoms with Crippen molar-refractivity contribution in [2.75, 3.05) is 20.3 Å². The number of rotatable bonds is 6. The van der Waals surface area contributed by atoms with E-state index in [1.807, 2.05) is 19.1 Å². The molecule has 1 unspecified atom stereocenters. The Hall–Kier alpha value is -2.63. The molecule has 2 aromatic rings. The smallest absolute Gasteiger partial charge is 0.283 e. The minimum atomic E-state index is -0.676. The van der Waals surface area contributed by atoms with Gasteiger partial charge in [0, 0.05) is 0 Å². The quantitative estimate of drug-likeness (QED) is 0.792. The van der Waals surface area contributed by atoms with E-state index >= 15 is 0 Å². The Kier molecular flexibility index (Phi) is 4.50. The highest BCUT2D eigenvalue weighted by molar-refractivity contribution is 6.32. The Morgan fingerprint density at radius 1 is 1.22 bits per heavy atom. The van der Waals surface area contributed by atoms with Crippen LogP contribution in [0.5, 0.6) is 11.5 Å². The molecule has 0 aromatic heterocycles. The van der Waals surface area contributed by atoms with E-state index in [1.54, 1.807) is 7.11 Å². The monoisotopic (exact) mass is 364 g/mol. The van der Waals surface area contributed by atoms with E-state index in [-0.39, 0.29) is 6.02 Å². The number of methoxy groups -OCH3 is 1. The minimum absolute atomic E-state index is 0.213. The summed E-state index contributed by atoms with van der Waals surface area (Å²) in [5.74, 6) is 2.43. The van der Waals surface area contributed by atoms with Crippen LogP contribution < -0.4 is 20.7 Å². The zero-order valence-electron chi connectivity index (χ0n) is 16.1. The van der Waals surface area contributed by atoms with Crippen LogP contribution in [0.2, 0.25) is 0 Å². The van der Waals surface area contributed by atoms with Crippen LogP contribution in [0.25, 0.3) is 0 Å². The molecule has 2 aliphatic rings. The summed E-state index contributed by atoms with van der Waals surface area (Å²) >= 11 is 0. The number of hydrogen-bond acceptors (Lipinski definition) is 5. The molecule has 27 heavy (non-hydrogen) atoms. The normalized spacial score (nSPS) is 21.5. The summed E-state index contributed by atoms with van der Waals surface area (Å²) in [6.45, 7) is 3.18. The summed E-state index contributed by atoms with van der Waals surface area (Å²) < 4.78 is 17.1. The van der Waals surface area contributed by atoms with Crippen LogP contribution in [0.15, 0.2) is 41.4 Å². The van der Waals surface area contributed by atoms with Crippen LogP contribution in [0.1, 0.15) is 29.5 Å². The van der Waals surface area contributed by atoms with Gasteiger partial charge in [0.05, 0.1) is 13.7 Å². The maximum absolute atomic E-state index is 6.04. The predicted molar refractivity (Wildman–Crippen MR) is 109 cm³/mol. The second-order valence-electron chi connectivity index (χ2n) is 7.57. The lowest BCUT2D eigenvalue weighted by atomic mass is 9.80. The van der Waals surface area contributed by atoms with Crippen molar-refractivity contribution < 1.29 is 14.2 Å². The van der Waals surface area contributed by atoms with Gasteiger partial charge in [-0.2, -0.15) is 0 Å². The molecule has 1 aliphatic carbocycles. The van der Waals surface area contributed by atoms with E-state index in [4.69, 9.17) is 24.9 Å². The van der Waals surface area contributed by atoms with Crippen molar-refractivity contribution in [1.82, 2.24) is 0 Å². The zero-order chi connectivity index (χ0) is 19.0. The van der Waals surface area contributed by atoms with Gasteiger partial charge in [0.1, 0.15) is 26.0 Å². The van der Waals surface area contributed by atoms with Crippen LogP contribution in [0.3, 0.4) is 0 Å². The molecule has 5 nitrogen and oxygen atoms in total. The maximum Gasteiger partial charge on any atom is 0.283 e.